The van der Waals surface area contributed by atoms with Gasteiger partial charge in [-0.15, -0.1) is 11.3 Å². The van der Waals surface area contributed by atoms with Gasteiger partial charge in [-0.25, -0.2) is 9.97 Å². The van der Waals surface area contributed by atoms with Crippen LogP contribution in [0.4, 0.5) is 5.69 Å². The Labute approximate surface area is 152 Å². The van der Waals surface area contributed by atoms with Crippen LogP contribution in [-0.2, 0) is 11.2 Å². The van der Waals surface area contributed by atoms with E-state index in [1.807, 2.05) is 35.7 Å². The lowest BCUT2D eigenvalue weighted by Gasteiger charge is -2.05. The van der Waals surface area contributed by atoms with E-state index in [-0.39, 0.29) is 5.91 Å². The van der Waals surface area contributed by atoms with Gasteiger partial charge < -0.3 is 10.3 Å². The van der Waals surface area contributed by atoms with Gasteiger partial charge >= 0.3 is 0 Å². The summed E-state index contributed by atoms with van der Waals surface area (Å²) >= 11 is 7.38. The predicted molar refractivity (Wildman–Crippen MR) is 101 cm³/mol. The third-order valence-electron chi connectivity index (χ3n) is 3.68. The fourth-order valence-corrected chi connectivity index (χ4v) is 3.23. The number of aromatic amines is 1. The highest BCUT2D eigenvalue weighted by atomic mass is 35.5. The molecule has 0 bridgehead atoms. The molecule has 0 unspecified atom stereocenters. The van der Waals surface area contributed by atoms with E-state index in [1.54, 1.807) is 18.3 Å². The molecule has 0 aliphatic heterocycles. The highest BCUT2D eigenvalue weighted by molar-refractivity contribution is 7.13. The van der Waals surface area contributed by atoms with E-state index in [1.165, 1.54) is 11.3 Å². The lowest BCUT2D eigenvalue weighted by molar-refractivity contribution is -0.115. The van der Waals surface area contributed by atoms with Crippen LogP contribution < -0.4 is 5.32 Å². The highest BCUT2D eigenvalue weighted by Gasteiger charge is 2.09. The second kappa shape index (κ2) is 6.66. The van der Waals surface area contributed by atoms with Crippen LogP contribution in [0.15, 0.2) is 54.0 Å². The smallest absolute Gasteiger partial charge is 0.228 e. The van der Waals surface area contributed by atoms with Gasteiger partial charge in [0.1, 0.15) is 0 Å². The lowest BCUT2D eigenvalue weighted by Crippen LogP contribution is -2.14. The fraction of sp³-hybridized carbons (Fsp3) is 0.0556. The molecule has 5 nitrogen and oxygen atoms in total. The number of rotatable bonds is 4. The van der Waals surface area contributed by atoms with Gasteiger partial charge in [0, 0.05) is 22.3 Å². The van der Waals surface area contributed by atoms with Gasteiger partial charge in [0.05, 0.1) is 17.5 Å². The van der Waals surface area contributed by atoms with Crippen LogP contribution in [0.1, 0.15) is 5.56 Å². The maximum Gasteiger partial charge on any atom is 0.228 e. The molecule has 4 rings (SSSR count). The number of amides is 1. The Bertz CT molecular complexity index is 1030. The molecule has 2 N–H and O–H groups in total. The van der Waals surface area contributed by atoms with Crippen LogP contribution in [-0.4, -0.2) is 20.9 Å². The number of anilines is 1. The molecule has 4 aromatic rings. The monoisotopic (exact) mass is 368 g/mol. The Hall–Kier alpha value is -2.70. The van der Waals surface area contributed by atoms with Crippen molar-refractivity contribution in [2.45, 2.75) is 6.42 Å². The maximum atomic E-state index is 12.2. The fourth-order valence-electron chi connectivity index (χ4n) is 2.52. The molecule has 2 heterocycles. The molecule has 25 heavy (non-hydrogen) atoms. The zero-order valence-electron chi connectivity index (χ0n) is 13.0. The summed E-state index contributed by atoms with van der Waals surface area (Å²) in [7, 11) is 0. The first-order valence-corrected chi connectivity index (χ1v) is 8.87. The van der Waals surface area contributed by atoms with E-state index >= 15 is 0 Å². The first-order chi connectivity index (χ1) is 12.2. The number of carbonyl (C=O) groups is 1. The van der Waals surface area contributed by atoms with Crippen molar-refractivity contribution in [1.82, 2.24) is 15.0 Å². The first-order valence-electron chi connectivity index (χ1n) is 7.61. The van der Waals surface area contributed by atoms with Gasteiger partial charge in [0.25, 0.3) is 0 Å². The molecule has 2 aromatic heterocycles. The molecule has 0 saturated heterocycles. The number of thiazole rings is 1. The molecular formula is C18H13ClN4OS. The Kier molecular flexibility index (Phi) is 4.21. The molecule has 0 fully saturated rings. The van der Waals surface area contributed by atoms with Crippen molar-refractivity contribution in [3.05, 3.63) is 64.6 Å². The van der Waals surface area contributed by atoms with Crippen LogP contribution in [0.2, 0.25) is 5.02 Å². The molecule has 2 aromatic carbocycles. The number of aromatic nitrogens is 3. The minimum Gasteiger partial charge on any atom is -0.336 e. The minimum absolute atomic E-state index is 0.0821. The van der Waals surface area contributed by atoms with Crippen molar-refractivity contribution in [1.29, 1.82) is 0 Å². The van der Waals surface area contributed by atoms with Crippen molar-refractivity contribution in [2.75, 3.05) is 5.32 Å². The largest absolute Gasteiger partial charge is 0.336 e. The van der Waals surface area contributed by atoms with Gasteiger partial charge in [-0.1, -0.05) is 23.7 Å². The second-order valence-electron chi connectivity index (χ2n) is 5.51. The third-order valence-corrected chi connectivity index (χ3v) is 4.71. The van der Waals surface area contributed by atoms with E-state index in [0.717, 1.165) is 33.1 Å². The summed E-state index contributed by atoms with van der Waals surface area (Å²) < 4.78 is 0. The average molecular weight is 369 g/mol. The molecule has 0 atom stereocenters. The molecule has 0 saturated carbocycles. The number of carbonyl (C=O) groups excluding carboxylic acids is 1. The second-order valence-corrected chi connectivity index (χ2v) is 6.84. The third kappa shape index (κ3) is 3.55. The first kappa shape index (κ1) is 15.8. The van der Waals surface area contributed by atoms with Gasteiger partial charge in [0.2, 0.25) is 5.91 Å². The van der Waals surface area contributed by atoms with Crippen molar-refractivity contribution in [2.24, 2.45) is 0 Å². The molecule has 0 aliphatic rings. The molecular weight excluding hydrogens is 356 g/mol. The summed E-state index contributed by atoms with van der Waals surface area (Å²) in [5, 5.41) is 6.31. The van der Waals surface area contributed by atoms with Crippen LogP contribution >= 0.6 is 22.9 Å². The number of imidazole rings is 1. The van der Waals surface area contributed by atoms with Crippen molar-refractivity contribution < 1.29 is 4.79 Å². The Morgan fingerprint density at radius 3 is 2.80 bits per heavy atom. The standard InChI is InChI=1S/C18H13ClN4OS/c19-12-3-1-11(2-4-12)9-16(24)21-13-5-6-14-15(10-13)23-17(22-14)18-20-7-8-25-18/h1-8,10H,9H2,(H,21,24)(H,22,23). The molecule has 1 amide bonds. The van der Waals surface area contributed by atoms with Gasteiger partial charge in [0.15, 0.2) is 10.8 Å². The van der Waals surface area contributed by atoms with Gasteiger partial charge in [-0.05, 0) is 35.9 Å². The summed E-state index contributed by atoms with van der Waals surface area (Å²) in [6.45, 7) is 0. The van der Waals surface area contributed by atoms with E-state index in [0.29, 0.717) is 11.4 Å². The van der Waals surface area contributed by atoms with Gasteiger partial charge in [-0.3, -0.25) is 4.79 Å². The summed E-state index contributed by atoms with van der Waals surface area (Å²) in [6.07, 6.45) is 2.04. The summed E-state index contributed by atoms with van der Waals surface area (Å²) in [5.74, 6) is 0.649. The van der Waals surface area contributed by atoms with Crippen LogP contribution in [0.25, 0.3) is 21.9 Å². The molecule has 0 radical (unpaired) electrons. The zero-order valence-corrected chi connectivity index (χ0v) is 14.6. The number of H-pyrrole nitrogens is 1. The SMILES string of the molecule is O=C(Cc1ccc(Cl)cc1)Nc1ccc2nc(-c3nccs3)[nH]c2c1. The van der Waals surface area contributed by atoms with Crippen molar-refractivity contribution in [3.63, 3.8) is 0 Å². The minimum atomic E-state index is -0.0821. The highest BCUT2D eigenvalue weighted by Crippen LogP contribution is 2.24. The Morgan fingerprint density at radius 1 is 1.20 bits per heavy atom. The number of halogens is 1. The number of nitrogens with zero attached hydrogens (tertiary/aromatic N) is 2. The van der Waals surface area contributed by atoms with E-state index < -0.39 is 0 Å². The zero-order chi connectivity index (χ0) is 17.2. The Morgan fingerprint density at radius 2 is 2.04 bits per heavy atom. The van der Waals surface area contributed by atoms with Gasteiger partial charge in [-0.2, -0.15) is 0 Å². The summed E-state index contributed by atoms with van der Waals surface area (Å²) in [5.41, 5.74) is 3.33. The maximum absolute atomic E-state index is 12.2. The number of benzene rings is 2. The number of hydrogen-bond acceptors (Lipinski definition) is 4. The molecule has 0 aliphatic carbocycles. The van der Waals surface area contributed by atoms with E-state index in [2.05, 4.69) is 20.3 Å². The van der Waals surface area contributed by atoms with Crippen LogP contribution in [0.5, 0.6) is 0 Å². The topological polar surface area (TPSA) is 70.7 Å². The number of fused-ring (bicyclic) bond motifs is 1. The quantitative estimate of drug-likeness (QED) is 0.556. The lowest BCUT2D eigenvalue weighted by atomic mass is 10.1. The van der Waals surface area contributed by atoms with E-state index in [9.17, 15) is 4.79 Å². The van der Waals surface area contributed by atoms with E-state index in [4.69, 9.17) is 11.6 Å². The van der Waals surface area contributed by atoms with Crippen molar-refractivity contribution >= 4 is 45.6 Å². The summed E-state index contributed by atoms with van der Waals surface area (Å²) in [4.78, 5) is 24.2. The summed E-state index contributed by atoms with van der Waals surface area (Å²) in [6, 6.07) is 12.8. The normalized spacial score (nSPS) is 10.9. The van der Waals surface area contributed by atoms with Crippen LogP contribution in [0, 0.1) is 0 Å². The Balaban J connectivity index is 1.51. The molecule has 124 valence electrons. The number of hydrogen-bond donors (Lipinski definition) is 2. The van der Waals surface area contributed by atoms with Crippen molar-refractivity contribution in [3.8, 4) is 10.8 Å². The average Bonchev–Trinajstić information content (AvgIpc) is 3.25. The predicted octanol–water partition coefficient (Wildman–Crippen LogP) is 4.52. The number of nitrogens with one attached hydrogen (secondary N) is 2. The molecule has 7 heteroatoms. The molecule has 0 spiro atoms. The van der Waals surface area contributed by atoms with Crippen LogP contribution in [0.3, 0.4) is 0 Å².